The maximum atomic E-state index is 5.46. The molecular weight excluding hydrogens is 270 g/mol. The van der Waals surface area contributed by atoms with Gasteiger partial charge in [0.25, 0.3) is 0 Å². The zero-order chi connectivity index (χ0) is 11.4. The molecule has 1 fully saturated rings. The fourth-order valence-electron chi connectivity index (χ4n) is 2.19. The first-order valence-corrected chi connectivity index (χ1v) is 6.64. The third kappa shape index (κ3) is 3.09. The molecule has 16 heavy (non-hydrogen) atoms. The average Bonchev–Trinajstić information content (AvgIpc) is 2.91. The van der Waals surface area contributed by atoms with Crippen LogP contribution in [-0.4, -0.2) is 19.3 Å². The summed E-state index contributed by atoms with van der Waals surface area (Å²) in [6.07, 6.45) is 2.31. The Hall–Kier alpha value is -0.320. The van der Waals surface area contributed by atoms with Gasteiger partial charge in [0.1, 0.15) is 5.76 Å². The zero-order valence-electron chi connectivity index (χ0n) is 9.54. The minimum Gasteiger partial charge on any atom is -0.453 e. The number of furan rings is 1. The van der Waals surface area contributed by atoms with Crippen molar-refractivity contribution >= 4 is 15.9 Å². The summed E-state index contributed by atoms with van der Waals surface area (Å²) in [5.41, 5.74) is 0. The first-order valence-electron chi connectivity index (χ1n) is 5.85. The summed E-state index contributed by atoms with van der Waals surface area (Å²) >= 11 is 3.31. The molecule has 1 saturated heterocycles. The summed E-state index contributed by atoms with van der Waals surface area (Å²) in [5, 5.41) is 3.55. The van der Waals surface area contributed by atoms with Crippen LogP contribution in [0.1, 0.15) is 25.5 Å². The molecule has 0 spiro atoms. The normalized spacial score (nSPS) is 22.5. The smallest absolute Gasteiger partial charge is 0.169 e. The molecule has 2 heterocycles. The number of rotatable bonds is 5. The van der Waals surface area contributed by atoms with E-state index in [0.717, 1.165) is 36.6 Å². The molecule has 2 atom stereocenters. The lowest BCUT2D eigenvalue weighted by Crippen LogP contribution is -2.35. The second-order valence-electron chi connectivity index (χ2n) is 4.23. The van der Waals surface area contributed by atoms with E-state index in [1.54, 1.807) is 0 Å². The molecule has 0 unspecified atom stereocenters. The van der Waals surface area contributed by atoms with Crippen LogP contribution < -0.4 is 5.32 Å². The van der Waals surface area contributed by atoms with Gasteiger partial charge in [-0.25, -0.2) is 0 Å². The summed E-state index contributed by atoms with van der Waals surface area (Å²) in [4.78, 5) is 0. The number of nitrogens with one attached hydrogen (secondary N) is 1. The maximum absolute atomic E-state index is 5.46. The Bertz CT molecular complexity index is 321. The predicted octanol–water partition coefficient (Wildman–Crippen LogP) is 2.95. The summed E-state index contributed by atoms with van der Waals surface area (Å²) < 4.78 is 11.7. The van der Waals surface area contributed by atoms with Crippen molar-refractivity contribution in [1.29, 1.82) is 0 Å². The van der Waals surface area contributed by atoms with Crippen molar-refractivity contribution in [2.24, 2.45) is 5.92 Å². The fraction of sp³-hybridized carbons (Fsp3) is 0.667. The van der Waals surface area contributed by atoms with E-state index in [2.05, 4.69) is 28.2 Å². The van der Waals surface area contributed by atoms with Crippen molar-refractivity contribution in [2.75, 3.05) is 13.2 Å². The topological polar surface area (TPSA) is 34.4 Å². The Morgan fingerprint density at radius 2 is 2.44 bits per heavy atom. The second kappa shape index (κ2) is 5.84. The summed E-state index contributed by atoms with van der Waals surface area (Å²) in [5.74, 6) is 1.63. The maximum Gasteiger partial charge on any atom is 0.169 e. The van der Waals surface area contributed by atoms with Gasteiger partial charge in [-0.15, -0.1) is 0 Å². The first kappa shape index (κ1) is 12.1. The highest BCUT2D eigenvalue weighted by Crippen LogP contribution is 2.20. The molecule has 0 bridgehead atoms. The van der Waals surface area contributed by atoms with Gasteiger partial charge in [0.05, 0.1) is 13.2 Å². The van der Waals surface area contributed by atoms with Crippen molar-refractivity contribution in [3.05, 3.63) is 22.6 Å². The monoisotopic (exact) mass is 287 g/mol. The van der Waals surface area contributed by atoms with Gasteiger partial charge in [-0.3, -0.25) is 0 Å². The molecule has 1 aliphatic rings. The first-order chi connectivity index (χ1) is 7.79. The Labute approximate surface area is 105 Å². The molecule has 0 aromatic carbocycles. The van der Waals surface area contributed by atoms with E-state index in [0.29, 0.717) is 12.0 Å². The lowest BCUT2D eigenvalue weighted by Gasteiger charge is -2.21. The van der Waals surface area contributed by atoms with Gasteiger partial charge in [0, 0.05) is 12.6 Å². The van der Waals surface area contributed by atoms with Crippen LogP contribution in [-0.2, 0) is 11.3 Å². The Morgan fingerprint density at radius 3 is 3.00 bits per heavy atom. The molecule has 0 saturated carbocycles. The molecule has 1 aliphatic heterocycles. The minimum atomic E-state index is 0.534. The molecule has 0 radical (unpaired) electrons. The largest absolute Gasteiger partial charge is 0.453 e. The number of hydrogen-bond acceptors (Lipinski definition) is 3. The van der Waals surface area contributed by atoms with Crippen molar-refractivity contribution in [2.45, 2.75) is 32.4 Å². The van der Waals surface area contributed by atoms with E-state index in [9.17, 15) is 0 Å². The average molecular weight is 288 g/mol. The molecule has 4 heteroatoms. The van der Waals surface area contributed by atoms with Gasteiger partial charge in [0.15, 0.2) is 4.67 Å². The van der Waals surface area contributed by atoms with Crippen LogP contribution in [0, 0.1) is 5.92 Å². The Kier molecular flexibility index (Phi) is 4.44. The summed E-state index contributed by atoms with van der Waals surface area (Å²) in [7, 11) is 0. The lowest BCUT2D eigenvalue weighted by atomic mass is 9.97. The van der Waals surface area contributed by atoms with Crippen molar-refractivity contribution < 1.29 is 9.15 Å². The molecule has 1 aromatic heterocycles. The van der Waals surface area contributed by atoms with Gasteiger partial charge in [0.2, 0.25) is 0 Å². The highest BCUT2D eigenvalue weighted by atomic mass is 79.9. The molecule has 3 nitrogen and oxygen atoms in total. The van der Waals surface area contributed by atoms with Crippen LogP contribution in [0.3, 0.4) is 0 Å². The minimum absolute atomic E-state index is 0.534. The van der Waals surface area contributed by atoms with E-state index in [4.69, 9.17) is 9.15 Å². The van der Waals surface area contributed by atoms with Crippen LogP contribution in [0.15, 0.2) is 21.2 Å². The highest BCUT2D eigenvalue weighted by molar-refractivity contribution is 9.10. The van der Waals surface area contributed by atoms with E-state index >= 15 is 0 Å². The Balaban J connectivity index is 1.82. The van der Waals surface area contributed by atoms with Gasteiger partial charge < -0.3 is 14.5 Å². The van der Waals surface area contributed by atoms with E-state index in [-0.39, 0.29) is 0 Å². The zero-order valence-corrected chi connectivity index (χ0v) is 11.1. The molecule has 0 aliphatic carbocycles. The number of ether oxygens (including phenoxy) is 1. The molecule has 1 N–H and O–H groups in total. The molecule has 90 valence electrons. The van der Waals surface area contributed by atoms with Gasteiger partial charge >= 0.3 is 0 Å². The van der Waals surface area contributed by atoms with Crippen LogP contribution in [0.2, 0.25) is 0 Å². The quantitative estimate of drug-likeness (QED) is 0.904. The molecule has 1 aromatic rings. The molecular formula is C12H18BrNO2. The molecule has 0 amide bonds. The SMILES string of the molecule is CC[C@@H](NCc1ccc(Br)o1)[C@H]1CCOC1. The van der Waals surface area contributed by atoms with Gasteiger partial charge in [-0.1, -0.05) is 6.92 Å². The van der Waals surface area contributed by atoms with Crippen LogP contribution in [0.25, 0.3) is 0 Å². The van der Waals surface area contributed by atoms with E-state index < -0.39 is 0 Å². The van der Waals surface area contributed by atoms with Gasteiger partial charge in [-0.05, 0) is 46.8 Å². The van der Waals surface area contributed by atoms with Crippen molar-refractivity contribution in [3.8, 4) is 0 Å². The number of halogens is 1. The van der Waals surface area contributed by atoms with Crippen LogP contribution in [0.4, 0.5) is 0 Å². The Morgan fingerprint density at radius 1 is 1.56 bits per heavy atom. The summed E-state index contributed by atoms with van der Waals surface area (Å²) in [6, 6.07) is 4.46. The van der Waals surface area contributed by atoms with E-state index in [1.807, 2.05) is 12.1 Å². The third-order valence-corrected chi connectivity index (χ3v) is 3.57. The fourth-order valence-corrected chi connectivity index (χ4v) is 2.53. The third-order valence-electron chi connectivity index (χ3n) is 3.14. The standard InChI is InChI=1S/C12H18BrNO2/c1-2-11(9-5-6-15-8-9)14-7-10-3-4-12(13)16-10/h3-4,9,11,14H,2,5-8H2,1H3/t9-,11+/m0/s1. The number of hydrogen-bond donors (Lipinski definition) is 1. The van der Waals surface area contributed by atoms with Gasteiger partial charge in [-0.2, -0.15) is 0 Å². The van der Waals surface area contributed by atoms with E-state index in [1.165, 1.54) is 6.42 Å². The van der Waals surface area contributed by atoms with Crippen LogP contribution in [0.5, 0.6) is 0 Å². The van der Waals surface area contributed by atoms with Crippen molar-refractivity contribution in [3.63, 3.8) is 0 Å². The van der Waals surface area contributed by atoms with Crippen LogP contribution >= 0.6 is 15.9 Å². The molecule has 2 rings (SSSR count). The lowest BCUT2D eigenvalue weighted by molar-refractivity contribution is 0.175. The van der Waals surface area contributed by atoms with Crippen molar-refractivity contribution in [1.82, 2.24) is 5.32 Å². The predicted molar refractivity (Wildman–Crippen MR) is 66.3 cm³/mol. The second-order valence-corrected chi connectivity index (χ2v) is 5.01. The highest BCUT2D eigenvalue weighted by Gasteiger charge is 2.24. The summed E-state index contributed by atoms with van der Waals surface area (Å²) in [6.45, 7) is 4.82.